The molecule has 0 saturated carbocycles. The zero-order valence-electron chi connectivity index (χ0n) is 16.8. The van der Waals surface area contributed by atoms with E-state index in [1.165, 1.54) is 34.4 Å². The van der Waals surface area contributed by atoms with Gasteiger partial charge in [0.05, 0.1) is 5.57 Å². The normalized spacial score (nSPS) is 18.3. The molecule has 1 aromatic heterocycles. The minimum absolute atomic E-state index is 0.0137. The van der Waals surface area contributed by atoms with E-state index in [2.05, 4.69) is 0 Å². The van der Waals surface area contributed by atoms with Crippen molar-refractivity contribution in [2.24, 2.45) is 0 Å². The van der Waals surface area contributed by atoms with Gasteiger partial charge < -0.3 is 5.11 Å². The van der Waals surface area contributed by atoms with E-state index in [0.29, 0.717) is 16.8 Å². The molecule has 0 aliphatic carbocycles. The number of carbonyl (C=O) groups excluding carboxylic acids is 2. The lowest BCUT2D eigenvalue weighted by molar-refractivity contribution is -0.132. The number of ketones is 1. The van der Waals surface area contributed by atoms with E-state index < -0.39 is 23.5 Å². The molecule has 1 atom stereocenters. The third-order valence-electron chi connectivity index (χ3n) is 5.40. The molecule has 1 unspecified atom stereocenters. The molecule has 1 fully saturated rings. The summed E-state index contributed by atoms with van der Waals surface area (Å²) in [5.41, 5.74) is 3.04. The summed E-state index contributed by atoms with van der Waals surface area (Å²) in [7, 11) is 0. The van der Waals surface area contributed by atoms with Crippen LogP contribution in [0.5, 0.6) is 0 Å². The molecule has 2 heterocycles. The number of aryl methyl sites for hydroxylation is 3. The fourth-order valence-corrected chi connectivity index (χ4v) is 4.80. The average molecular weight is 421 g/mol. The maximum absolute atomic E-state index is 13.7. The van der Waals surface area contributed by atoms with E-state index in [-0.39, 0.29) is 11.3 Å². The summed E-state index contributed by atoms with van der Waals surface area (Å²) in [4.78, 5) is 28.5. The molecule has 1 amide bonds. The van der Waals surface area contributed by atoms with Crippen molar-refractivity contribution in [3.63, 3.8) is 0 Å². The number of halogens is 1. The first-order chi connectivity index (χ1) is 14.3. The molecule has 1 aliphatic heterocycles. The average Bonchev–Trinajstić information content (AvgIpc) is 3.25. The van der Waals surface area contributed by atoms with Crippen LogP contribution in [0, 0.1) is 26.6 Å². The van der Waals surface area contributed by atoms with E-state index in [1.54, 1.807) is 13.0 Å². The van der Waals surface area contributed by atoms with Crippen molar-refractivity contribution in [3.8, 4) is 0 Å². The highest BCUT2D eigenvalue weighted by Gasteiger charge is 2.48. The summed E-state index contributed by atoms with van der Waals surface area (Å²) < 4.78 is 13.7. The van der Waals surface area contributed by atoms with Crippen LogP contribution >= 0.6 is 11.3 Å². The van der Waals surface area contributed by atoms with Crippen molar-refractivity contribution in [3.05, 3.63) is 92.4 Å². The molecule has 152 valence electrons. The molecule has 4 rings (SSSR count). The number of Topliss-reactive ketones (excluding diaryl/α,β-unsaturated/α-hetero) is 1. The van der Waals surface area contributed by atoms with E-state index in [9.17, 15) is 19.1 Å². The first-order valence-corrected chi connectivity index (χ1v) is 10.4. The van der Waals surface area contributed by atoms with E-state index in [4.69, 9.17) is 0 Å². The fourth-order valence-electron chi connectivity index (χ4n) is 3.77. The third-order valence-corrected chi connectivity index (χ3v) is 6.47. The second-order valence-electron chi connectivity index (χ2n) is 7.39. The van der Waals surface area contributed by atoms with Crippen LogP contribution in [-0.4, -0.2) is 16.8 Å². The molecule has 0 bridgehead atoms. The van der Waals surface area contributed by atoms with Gasteiger partial charge in [0.25, 0.3) is 11.7 Å². The topological polar surface area (TPSA) is 57.6 Å². The number of amides is 1. The lowest BCUT2D eigenvalue weighted by Gasteiger charge is -2.26. The van der Waals surface area contributed by atoms with Gasteiger partial charge in [0.15, 0.2) is 0 Å². The highest BCUT2D eigenvalue weighted by atomic mass is 32.1. The molecule has 0 spiro atoms. The summed E-state index contributed by atoms with van der Waals surface area (Å²) in [6, 6.07) is 12.6. The Bertz CT molecular complexity index is 1210. The van der Waals surface area contributed by atoms with E-state index in [1.807, 2.05) is 43.5 Å². The number of aliphatic hydroxyl groups excluding tert-OH is 1. The quantitative estimate of drug-likeness (QED) is 0.348. The summed E-state index contributed by atoms with van der Waals surface area (Å²) >= 11 is 1.43. The maximum Gasteiger partial charge on any atom is 0.300 e. The minimum atomic E-state index is -0.754. The summed E-state index contributed by atoms with van der Waals surface area (Å²) in [5, 5.41) is 13.0. The Morgan fingerprint density at radius 2 is 1.73 bits per heavy atom. The standard InChI is InChI=1S/C24H20FNO3S/c1-13-6-4-5-7-18(13)26-20(23-14(2)10-11-30-23)19(22(28)24(26)29)21(27)16-8-9-17(25)15(3)12-16/h4-12,20,27H,1-3H3/b21-19-. The number of nitrogens with zero attached hydrogens (tertiary/aromatic N) is 1. The highest BCUT2D eigenvalue weighted by molar-refractivity contribution is 7.10. The molecular weight excluding hydrogens is 401 g/mol. The lowest BCUT2D eigenvalue weighted by atomic mass is 9.97. The Balaban J connectivity index is 1.98. The van der Waals surface area contributed by atoms with Crippen molar-refractivity contribution in [2.75, 3.05) is 4.90 Å². The van der Waals surface area contributed by atoms with Gasteiger partial charge in [-0.3, -0.25) is 14.5 Å². The van der Waals surface area contributed by atoms with Gasteiger partial charge in [-0.2, -0.15) is 0 Å². The summed E-state index contributed by atoms with van der Waals surface area (Å²) in [5.74, 6) is -2.15. The molecule has 1 aliphatic rings. The molecule has 1 N–H and O–H groups in total. The zero-order valence-corrected chi connectivity index (χ0v) is 17.6. The van der Waals surface area contributed by atoms with E-state index >= 15 is 0 Å². The van der Waals surface area contributed by atoms with Crippen LogP contribution in [0.3, 0.4) is 0 Å². The number of hydrogen-bond acceptors (Lipinski definition) is 4. The molecule has 3 aromatic rings. The third kappa shape index (κ3) is 3.13. The van der Waals surface area contributed by atoms with Crippen molar-refractivity contribution in [1.82, 2.24) is 0 Å². The lowest BCUT2D eigenvalue weighted by Crippen LogP contribution is -2.30. The van der Waals surface area contributed by atoms with Gasteiger partial charge in [-0.25, -0.2) is 4.39 Å². The van der Waals surface area contributed by atoms with Crippen LogP contribution in [-0.2, 0) is 9.59 Å². The SMILES string of the molecule is Cc1cc(/C(O)=C2/C(=O)C(=O)N(c3ccccc3C)C2c2sccc2C)ccc1F. The number of carbonyl (C=O) groups is 2. The van der Waals surface area contributed by atoms with Crippen LogP contribution in [0.4, 0.5) is 10.1 Å². The van der Waals surface area contributed by atoms with Crippen LogP contribution in [0.2, 0.25) is 0 Å². The Morgan fingerprint density at radius 1 is 1.00 bits per heavy atom. The van der Waals surface area contributed by atoms with Crippen LogP contribution in [0.25, 0.3) is 5.76 Å². The number of rotatable bonds is 3. The van der Waals surface area contributed by atoms with Gasteiger partial charge in [0, 0.05) is 16.1 Å². The predicted molar refractivity (Wildman–Crippen MR) is 116 cm³/mol. The number of para-hydroxylation sites is 1. The maximum atomic E-state index is 13.7. The molecule has 6 heteroatoms. The smallest absolute Gasteiger partial charge is 0.300 e. The molecule has 30 heavy (non-hydrogen) atoms. The van der Waals surface area contributed by atoms with Gasteiger partial charge in [0.2, 0.25) is 0 Å². The van der Waals surface area contributed by atoms with Crippen molar-refractivity contribution in [2.45, 2.75) is 26.8 Å². The Morgan fingerprint density at radius 3 is 2.37 bits per heavy atom. The van der Waals surface area contributed by atoms with E-state index in [0.717, 1.165) is 16.0 Å². The van der Waals surface area contributed by atoms with Gasteiger partial charge >= 0.3 is 0 Å². The largest absolute Gasteiger partial charge is 0.507 e. The minimum Gasteiger partial charge on any atom is -0.507 e. The summed E-state index contributed by atoms with van der Waals surface area (Å²) in [6.45, 7) is 5.36. The predicted octanol–water partition coefficient (Wildman–Crippen LogP) is 5.44. The van der Waals surface area contributed by atoms with Gasteiger partial charge in [0.1, 0.15) is 17.6 Å². The highest BCUT2D eigenvalue weighted by Crippen LogP contribution is 2.45. The number of thiophene rings is 1. The molecule has 0 radical (unpaired) electrons. The molecule has 1 saturated heterocycles. The van der Waals surface area contributed by atoms with Crippen molar-refractivity contribution in [1.29, 1.82) is 0 Å². The molecular formula is C24H20FNO3S. The summed E-state index contributed by atoms with van der Waals surface area (Å²) in [6.07, 6.45) is 0. The van der Waals surface area contributed by atoms with Gasteiger partial charge in [-0.15, -0.1) is 11.3 Å². The van der Waals surface area contributed by atoms with Crippen LogP contribution < -0.4 is 4.90 Å². The first-order valence-electron chi connectivity index (χ1n) is 9.48. The zero-order chi connectivity index (χ0) is 21.6. The monoisotopic (exact) mass is 421 g/mol. The number of hydrogen-bond donors (Lipinski definition) is 1. The fraction of sp³-hybridized carbons (Fsp3) is 0.167. The van der Waals surface area contributed by atoms with Crippen LogP contribution in [0.15, 0.2) is 59.5 Å². The Labute approximate surface area is 177 Å². The van der Waals surface area contributed by atoms with Crippen LogP contribution in [0.1, 0.15) is 33.2 Å². The van der Waals surface area contributed by atoms with Crippen molar-refractivity contribution >= 4 is 34.5 Å². The Kier molecular flexibility index (Phi) is 5.03. The first kappa shape index (κ1) is 20.0. The van der Waals surface area contributed by atoms with Gasteiger partial charge in [-0.1, -0.05) is 18.2 Å². The number of benzene rings is 2. The second-order valence-corrected chi connectivity index (χ2v) is 8.34. The van der Waals surface area contributed by atoms with Gasteiger partial charge in [-0.05, 0) is 73.2 Å². The van der Waals surface area contributed by atoms with Crippen molar-refractivity contribution < 1.29 is 19.1 Å². The Hall–Kier alpha value is -3.25. The number of anilines is 1. The molecule has 2 aromatic carbocycles. The number of aliphatic hydroxyl groups is 1. The second kappa shape index (κ2) is 7.54. The molecule has 4 nitrogen and oxygen atoms in total.